The maximum absolute atomic E-state index is 13.4. The largest absolute Gasteiger partial charge is 0.508 e. The number of Topliss-reactive ketones (excluding diaryl/α,β-unsaturated/α-hetero) is 1. The molecule has 6 heteroatoms. The van der Waals surface area contributed by atoms with E-state index in [0.717, 1.165) is 18.2 Å². The summed E-state index contributed by atoms with van der Waals surface area (Å²) in [4.78, 5) is 12.1. The maximum Gasteiger partial charge on any atom is 0.203 e. The van der Waals surface area contributed by atoms with Gasteiger partial charge in [0.05, 0.1) is 5.56 Å². The Morgan fingerprint density at radius 3 is 2.26 bits per heavy atom. The van der Waals surface area contributed by atoms with Gasteiger partial charge >= 0.3 is 0 Å². The van der Waals surface area contributed by atoms with Gasteiger partial charge in [0.25, 0.3) is 0 Å². The molecule has 0 bridgehead atoms. The highest BCUT2D eigenvalue weighted by Gasteiger charge is 2.16. The van der Waals surface area contributed by atoms with Crippen molar-refractivity contribution in [2.45, 2.75) is 20.3 Å². The Morgan fingerprint density at radius 1 is 1.09 bits per heavy atom. The van der Waals surface area contributed by atoms with Crippen LogP contribution in [0.2, 0.25) is 0 Å². The van der Waals surface area contributed by atoms with Crippen LogP contribution in [-0.2, 0) is 6.42 Å². The molecule has 0 saturated heterocycles. The molecule has 0 fully saturated rings. The number of hydrogen-bond donors (Lipinski definition) is 2. The molecule has 0 atom stereocenters. The van der Waals surface area contributed by atoms with Crippen molar-refractivity contribution >= 4 is 5.78 Å². The number of carbonyl (C=O) groups excluding carboxylic acids is 1. The highest BCUT2D eigenvalue weighted by molar-refractivity contribution is 6.00. The van der Waals surface area contributed by atoms with Crippen molar-refractivity contribution in [3.63, 3.8) is 0 Å². The van der Waals surface area contributed by atoms with E-state index in [1.807, 2.05) is 0 Å². The lowest BCUT2D eigenvalue weighted by atomic mass is 10.0. The first-order chi connectivity index (χ1) is 10.8. The fraction of sp³-hybridized carbons (Fsp3) is 0.235. The number of hydrogen-bond acceptors (Lipinski definition) is 4. The monoisotopic (exact) mass is 322 g/mol. The van der Waals surface area contributed by atoms with Gasteiger partial charge in [-0.25, -0.2) is 8.78 Å². The first-order valence-corrected chi connectivity index (χ1v) is 7.00. The molecule has 2 aromatic rings. The molecular weight excluding hydrogens is 306 g/mol. The summed E-state index contributed by atoms with van der Waals surface area (Å²) in [5.74, 6) is -2.72. The third-order valence-corrected chi connectivity index (χ3v) is 3.50. The third-order valence-electron chi connectivity index (χ3n) is 3.50. The van der Waals surface area contributed by atoms with Gasteiger partial charge in [-0.2, -0.15) is 0 Å². The summed E-state index contributed by atoms with van der Waals surface area (Å²) in [5, 5.41) is 19.4. The normalized spacial score (nSPS) is 10.6. The summed E-state index contributed by atoms with van der Waals surface area (Å²) in [6.45, 7) is 2.58. The number of aryl methyl sites for hydroxylation is 1. The summed E-state index contributed by atoms with van der Waals surface area (Å²) < 4.78 is 31.9. The van der Waals surface area contributed by atoms with Crippen molar-refractivity contribution < 1.29 is 28.5 Å². The highest BCUT2D eigenvalue weighted by atomic mass is 19.1. The first-order valence-electron chi connectivity index (χ1n) is 7.00. The molecule has 0 heterocycles. The van der Waals surface area contributed by atoms with E-state index in [4.69, 9.17) is 4.74 Å². The maximum atomic E-state index is 13.4. The third kappa shape index (κ3) is 3.59. The van der Waals surface area contributed by atoms with Gasteiger partial charge in [0.15, 0.2) is 6.61 Å². The Bertz CT molecular complexity index is 733. The molecule has 0 amide bonds. The van der Waals surface area contributed by atoms with E-state index < -0.39 is 24.0 Å². The Labute approximate surface area is 132 Å². The second-order valence-corrected chi connectivity index (χ2v) is 5.08. The topological polar surface area (TPSA) is 66.8 Å². The number of carbonyl (C=O) groups is 1. The van der Waals surface area contributed by atoms with Crippen LogP contribution in [0.5, 0.6) is 17.2 Å². The van der Waals surface area contributed by atoms with Gasteiger partial charge in [0.1, 0.15) is 28.9 Å². The van der Waals surface area contributed by atoms with E-state index in [-0.39, 0.29) is 28.4 Å². The molecule has 2 N–H and O–H groups in total. The molecule has 0 aromatic heterocycles. The first kappa shape index (κ1) is 16.7. The number of benzene rings is 2. The predicted molar refractivity (Wildman–Crippen MR) is 80.1 cm³/mol. The number of aromatic hydroxyl groups is 2. The number of ether oxygens (including phenoxy) is 1. The summed E-state index contributed by atoms with van der Waals surface area (Å²) in [6.07, 6.45) is 0.474. The number of rotatable bonds is 5. The van der Waals surface area contributed by atoms with Crippen LogP contribution >= 0.6 is 0 Å². The number of phenols is 2. The van der Waals surface area contributed by atoms with Crippen LogP contribution < -0.4 is 4.74 Å². The smallest absolute Gasteiger partial charge is 0.203 e. The van der Waals surface area contributed by atoms with Crippen molar-refractivity contribution in [3.05, 3.63) is 52.6 Å². The van der Waals surface area contributed by atoms with Crippen LogP contribution in [0.1, 0.15) is 28.4 Å². The molecule has 2 rings (SSSR count). The number of ketones is 1. The fourth-order valence-corrected chi connectivity index (χ4v) is 2.06. The van der Waals surface area contributed by atoms with Gasteiger partial charge in [0.2, 0.25) is 5.78 Å². The molecule has 0 aliphatic rings. The molecule has 4 nitrogen and oxygen atoms in total. The van der Waals surface area contributed by atoms with Gasteiger partial charge < -0.3 is 14.9 Å². The van der Waals surface area contributed by atoms with Crippen molar-refractivity contribution in [1.82, 2.24) is 0 Å². The number of phenolic OH excluding ortho intramolecular Hbond substituents is 2. The van der Waals surface area contributed by atoms with E-state index in [9.17, 15) is 23.8 Å². The van der Waals surface area contributed by atoms with Crippen molar-refractivity contribution in [3.8, 4) is 17.2 Å². The lowest BCUT2D eigenvalue weighted by molar-refractivity contribution is 0.0918. The van der Waals surface area contributed by atoms with Gasteiger partial charge in [-0.05, 0) is 25.0 Å². The zero-order chi connectivity index (χ0) is 17.1. The van der Waals surface area contributed by atoms with E-state index in [1.54, 1.807) is 6.92 Å². The fourth-order valence-electron chi connectivity index (χ4n) is 2.06. The van der Waals surface area contributed by atoms with Gasteiger partial charge in [-0.1, -0.05) is 6.92 Å². The van der Waals surface area contributed by atoms with E-state index in [1.165, 1.54) is 13.0 Å². The van der Waals surface area contributed by atoms with Gasteiger partial charge in [-0.3, -0.25) is 4.79 Å². The molecule has 0 spiro atoms. The Balaban J connectivity index is 2.17. The highest BCUT2D eigenvalue weighted by Crippen LogP contribution is 2.28. The second kappa shape index (κ2) is 6.64. The molecule has 0 aliphatic carbocycles. The van der Waals surface area contributed by atoms with Crippen LogP contribution in [0.4, 0.5) is 8.78 Å². The average molecular weight is 322 g/mol. The van der Waals surface area contributed by atoms with Gasteiger partial charge in [-0.15, -0.1) is 0 Å². The van der Waals surface area contributed by atoms with E-state index >= 15 is 0 Å². The standard InChI is InChI=1S/C17H16F2O4/c1-3-10-4-12(16(21)7-15(10)20)17(22)8-23-11-5-13(18)9(2)14(19)6-11/h4-7,20-21H,3,8H2,1-2H3. The Kier molecular flexibility index (Phi) is 4.83. The van der Waals surface area contributed by atoms with Crippen LogP contribution in [0.25, 0.3) is 0 Å². The molecule has 23 heavy (non-hydrogen) atoms. The SMILES string of the molecule is CCc1cc(C(=O)COc2cc(F)c(C)c(F)c2)c(O)cc1O. The van der Waals surface area contributed by atoms with Crippen LogP contribution in [0.15, 0.2) is 24.3 Å². The molecule has 0 radical (unpaired) electrons. The minimum Gasteiger partial charge on any atom is -0.508 e. The number of halogens is 2. The lowest BCUT2D eigenvalue weighted by Gasteiger charge is -2.10. The summed E-state index contributed by atoms with van der Waals surface area (Å²) in [5.41, 5.74) is 0.346. The molecule has 0 unspecified atom stereocenters. The Morgan fingerprint density at radius 2 is 1.70 bits per heavy atom. The van der Waals surface area contributed by atoms with Crippen LogP contribution in [0.3, 0.4) is 0 Å². The van der Waals surface area contributed by atoms with E-state index in [2.05, 4.69) is 0 Å². The summed E-state index contributed by atoms with van der Waals surface area (Å²) in [7, 11) is 0. The van der Waals surface area contributed by atoms with Crippen LogP contribution in [-0.4, -0.2) is 22.6 Å². The zero-order valence-corrected chi connectivity index (χ0v) is 12.7. The minimum atomic E-state index is -0.770. The summed E-state index contributed by atoms with van der Waals surface area (Å²) in [6, 6.07) is 4.42. The Hall–Kier alpha value is -2.63. The second-order valence-electron chi connectivity index (χ2n) is 5.08. The van der Waals surface area contributed by atoms with Crippen LogP contribution in [0, 0.1) is 18.6 Å². The van der Waals surface area contributed by atoms with Crippen molar-refractivity contribution in [2.24, 2.45) is 0 Å². The minimum absolute atomic E-state index is 0.0206. The zero-order valence-electron chi connectivity index (χ0n) is 12.7. The molecule has 122 valence electrons. The van der Waals surface area contributed by atoms with Gasteiger partial charge in [0, 0.05) is 23.8 Å². The molecule has 2 aromatic carbocycles. The van der Waals surface area contributed by atoms with E-state index in [0.29, 0.717) is 12.0 Å². The predicted octanol–water partition coefficient (Wildman–Crippen LogP) is 3.51. The quantitative estimate of drug-likeness (QED) is 0.827. The van der Waals surface area contributed by atoms with Crippen molar-refractivity contribution in [2.75, 3.05) is 6.61 Å². The molecule has 0 saturated carbocycles. The molecule has 0 aliphatic heterocycles. The average Bonchev–Trinajstić information content (AvgIpc) is 2.50. The summed E-state index contributed by atoms with van der Waals surface area (Å²) >= 11 is 0. The lowest BCUT2D eigenvalue weighted by Crippen LogP contribution is -2.12. The molecular formula is C17H16F2O4. The van der Waals surface area contributed by atoms with Crippen molar-refractivity contribution in [1.29, 1.82) is 0 Å².